The molecule has 0 bridgehead atoms. The summed E-state index contributed by atoms with van der Waals surface area (Å²) >= 11 is 6.34. The zero-order valence-corrected chi connectivity index (χ0v) is 20.5. The molecule has 1 aliphatic carbocycles. The number of carbonyl (C=O) groups excluding carboxylic acids is 2. The molecule has 0 aliphatic heterocycles. The second kappa shape index (κ2) is 11.3. The van der Waals surface area contributed by atoms with Gasteiger partial charge in [-0.15, -0.1) is 0 Å². The first-order valence-corrected chi connectivity index (χ1v) is 12.3. The maximum Gasteiger partial charge on any atom is 0.253 e. The van der Waals surface area contributed by atoms with Crippen LogP contribution in [0, 0.1) is 11.8 Å². The van der Waals surface area contributed by atoms with Crippen molar-refractivity contribution in [3.05, 3.63) is 82.6 Å². The fraction of sp³-hybridized carbons (Fsp3) is 0.333. The van der Waals surface area contributed by atoms with Crippen LogP contribution in [0.25, 0.3) is 0 Å². The molecule has 1 aliphatic rings. The van der Waals surface area contributed by atoms with Gasteiger partial charge >= 0.3 is 0 Å². The normalized spacial score (nSPS) is 17.2. The average molecular weight is 492 g/mol. The zero-order valence-electron chi connectivity index (χ0n) is 19.8. The summed E-state index contributed by atoms with van der Waals surface area (Å²) in [7, 11) is 1.81. The lowest BCUT2D eigenvalue weighted by molar-refractivity contribution is -0.122. The van der Waals surface area contributed by atoms with Crippen LogP contribution in [0.3, 0.4) is 0 Å². The number of hydrogen-bond donors (Lipinski definition) is 2. The molecule has 1 heterocycles. The fourth-order valence-electron chi connectivity index (χ4n) is 4.60. The Morgan fingerprint density at radius 2 is 1.86 bits per heavy atom. The van der Waals surface area contributed by atoms with Gasteiger partial charge in [0.15, 0.2) is 0 Å². The van der Waals surface area contributed by atoms with E-state index in [9.17, 15) is 9.59 Å². The highest BCUT2D eigenvalue weighted by Crippen LogP contribution is 2.35. The van der Waals surface area contributed by atoms with Crippen molar-refractivity contribution in [3.8, 4) is 0 Å². The van der Waals surface area contributed by atoms with Crippen molar-refractivity contribution < 1.29 is 9.59 Å². The Hall–Kier alpha value is -3.45. The number of likely N-dealkylation sites (N-methyl/N-ethyl adjacent to an activating group) is 1. The van der Waals surface area contributed by atoms with Gasteiger partial charge in [0, 0.05) is 30.8 Å². The van der Waals surface area contributed by atoms with Crippen molar-refractivity contribution in [1.82, 2.24) is 14.9 Å². The molecule has 1 fully saturated rings. The molecule has 0 unspecified atom stereocenters. The van der Waals surface area contributed by atoms with Gasteiger partial charge in [-0.2, -0.15) is 0 Å². The zero-order chi connectivity index (χ0) is 24.8. The number of aromatic nitrogens is 2. The first-order valence-electron chi connectivity index (χ1n) is 11.9. The van der Waals surface area contributed by atoms with E-state index in [0.717, 1.165) is 31.4 Å². The van der Waals surface area contributed by atoms with E-state index in [0.29, 0.717) is 35.2 Å². The van der Waals surface area contributed by atoms with Gasteiger partial charge < -0.3 is 16.0 Å². The second-order valence-corrected chi connectivity index (χ2v) is 9.46. The number of primary amides is 1. The molecule has 0 spiro atoms. The number of amides is 2. The number of halogens is 1. The number of rotatable bonds is 9. The lowest BCUT2D eigenvalue weighted by atomic mass is 9.91. The molecule has 2 amide bonds. The summed E-state index contributed by atoms with van der Waals surface area (Å²) in [6.45, 7) is 0.641. The van der Waals surface area contributed by atoms with E-state index in [-0.39, 0.29) is 23.7 Å². The van der Waals surface area contributed by atoms with E-state index in [1.165, 1.54) is 5.56 Å². The van der Waals surface area contributed by atoms with Crippen LogP contribution in [0.5, 0.6) is 0 Å². The Kier molecular flexibility index (Phi) is 7.98. The van der Waals surface area contributed by atoms with Crippen LogP contribution in [0.4, 0.5) is 11.6 Å². The minimum atomic E-state index is -0.253. The SMILES string of the molecule is CN(CCc1ccccc1)C(=O)c1ccc(Nc2ncc(Cl)c(C[C@@H]3CCC[C@@H]3C(N)=O)n2)cc1. The smallest absolute Gasteiger partial charge is 0.253 e. The molecular weight excluding hydrogens is 462 g/mol. The van der Waals surface area contributed by atoms with Crippen molar-refractivity contribution in [2.24, 2.45) is 17.6 Å². The third-order valence-electron chi connectivity index (χ3n) is 6.61. The topological polar surface area (TPSA) is 101 Å². The summed E-state index contributed by atoms with van der Waals surface area (Å²) < 4.78 is 0. The molecule has 182 valence electrons. The molecule has 1 saturated carbocycles. The lowest BCUT2D eigenvalue weighted by Gasteiger charge is -2.18. The Labute approximate surface area is 210 Å². The summed E-state index contributed by atoms with van der Waals surface area (Å²) in [5, 5.41) is 3.65. The molecule has 3 aromatic rings. The standard InChI is InChI=1S/C27H30ClN5O2/c1-33(15-14-18-6-3-2-4-7-18)26(35)19-10-12-21(13-11-19)31-27-30-17-23(28)24(32-27)16-20-8-5-9-22(20)25(29)34/h2-4,6-7,10-13,17,20,22H,5,8-9,14-16H2,1H3,(H2,29,34)(H,30,31,32)/t20-,22-/m0/s1. The number of nitrogens with zero attached hydrogens (tertiary/aromatic N) is 3. The maximum atomic E-state index is 12.8. The van der Waals surface area contributed by atoms with E-state index in [2.05, 4.69) is 27.4 Å². The van der Waals surface area contributed by atoms with Crippen LogP contribution in [-0.4, -0.2) is 40.3 Å². The maximum absolute atomic E-state index is 12.8. The van der Waals surface area contributed by atoms with Gasteiger partial charge in [-0.25, -0.2) is 9.97 Å². The van der Waals surface area contributed by atoms with E-state index in [1.807, 2.05) is 37.4 Å². The highest BCUT2D eigenvalue weighted by atomic mass is 35.5. The molecule has 0 radical (unpaired) electrons. The largest absolute Gasteiger partial charge is 0.369 e. The third-order valence-corrected chi connectivity index (χ3v) is 6.93. The monoisotopic (exact) mass is 491 g/mol. The molecule has 8 heteroatoms. The average Bonchev–Trinajstić information content (AvgIpc) is 3.34. The minimum Gasteiger partial charge on any atom is -0.369 e. The summed E-state index contributed by atoms with van der Waals surface area (Å²) in [5.41, 5.74) is 8.84. The Morgan fingerprint density at radius 1 is 1.11 bits per heavy atom. The summed E-state index contributed by atoms with van der Waals surface area (Å²) in [4.78, 5) is 35.1. The molecule has 3 N–H and O–H groups in total. The van der Waals surface area contributed by atoms with Crippen molar-refractivity contribution in [1.29, 1.82) is 0 Å². The van der Waals surface area contributed by atoms with E-state index >= 15 is 0 Å². The number of carbonyl (C=O) groups is 2. The number of hydrogen-bond acceptors (Lipinski definition) is 5. The summed E-state index contributed by atoms with van der Waals surface area (Å²) in [6, 6.07) is 17.4. The molecule has 35 heavy (non-hydrogen) atoms. The predicted molar refractivity (Wildman–Crippen MR) is 138 cm³/mol. The first kappa shape index (κ1) is 24.7. The van der Waals surface area contributed by atoms with Crippen LogP contribution in [-0.2, 0) is 17.6 Å². The highest BCUT2D eigenvalue weighted by Gasteiger charge is 2.32. The molecule has 1 aromatic heterocycles. The van der Waals surface area contributed by atoms with Gasteiger partial charge in [-0.05, 0) is 61.4 Å². The quantitative estimate of drug-likeness (QED) is 0.454. The molecule has 2 aromatic carbocycles. The van der Waals surface area contributed by atoms with Gasteiger partial charge in [-0.3, -0.25) is 9.59 Å². The van der Waals surface area contributed by atoms with E-state index in [4.69, 9.17) is 17.3 Å². The van der Waals surface area contributed by atoms with Crippen LogP contribution >= 0.6 is 11.6 Å². The number of nitrogens with one attached hydrogen (secondary N) is 1. The van der Waals surface area contributed by atoms with Gasteiger partial charge in [0.25, 0.3) is 5.91 Å². The van der Waals surface area contributed by atoms with Crippen LogP contribution < -0.4 is 11.1 Å². The predicted octanol–water partition coefficient (Wildman–Crippen LogP) is 4.63. The Balaban J connectivity index is 1.37. The molecule has 0 saturated heterocycles. The minimum absolute atomic E-state index is 0.0296. The number of benzene rings is 2. The van der Waals surface area contributed by atoms with Crippen LogP contribution in [0.1, 0.15) is 40.9 Å². The van der Waals surface area contributed by atoms with E-state index < -0.39 is 0 Å². The molecule has 7 nitrogen and oxygen atoms in total. The summed E-state index contributed by atoms with van der Waals surface area (Å²) in [5.74, 6) is 0.150. The van der Waals surface area contributed by atoms with Gasteiger partial charge in [0.05, 0.1) is 16.9 Å². The molecular formula is C27H30ClN5O2. The molecule has 4 rings (SSSR count). The Morgan fingerprint density at radius 3 is 2.57 bits per heavy atom. The van der Waals surface area contributed by atoms with Gasteiger partial charge in [-0.1, -0.05) is 48.4 Å². The van der Waals surface area contributed by atoms with E-state index in [1.54, 1.807) is 23.2 Å². The van der Waals surface area contributed by atoms with Crippen molar-refractivity contribution in [3.63, 3.8) is 0 Å². The summed E-state index contributed by atoms with van der Waals surface area (Å²) in [6.07, 6.45) is 5.71. The van der Waals surface area contributed by atoms with Crippen LogP contribution in [0.2, 0.25) is 5.02 Å². The lowest BCUT2D eigenvalue weighted by Crippen LogP contribution is -2.28. The van der Waals surface area contributed by atoms with Gasteiger partial charge in [0.2, 0.25) is 11.9 Å². The van der Waals surface area contributed by atoms with Gasteiger partial charge in [0.1, 0.15) is 0 Å². The Bertz CT molecular complexity index is 1170. The fourth-order valence-corrected chi connectivity index (χ4v) is 4.77. The third kappa shape index (κ3) is 6.36. The van der Waals surface area contributed by atoms with Crippen molar-refractivity contribution >= 4 is 35.1 Å². The number of anilines is 2. The van der Waals surface area contributed by atoms with Crippen LogP contribution in [0.15, 0.2) is 60.8 Å². The first-order chi connectivity index (χ1) is 16.9. The number of nitrogens with two attached hydrogens (primary N) is 1. The van der Waals surface area contributed by atoms with Crippen molar-refractivity contribution in [2.75, 3.05) is 18.9 Å². The highest BCUT2D eigenvalue weighted by molar-refractivity contribution is 6.31. The van der Waals surface area contributed by atoms with Crippen molar-refractivity contribution in [2.45, 2.75) is 32.1 Å². The second-order valence-electron chi connectivity index (χ2n) is 9.06. The molecule has 2 atom stereocenters.